The Kier molecular flexibility index (Phi) is 6.51. The molecule has 3 aliphatic rings. The summed E-state index contributed by atoms with van der Waals surface area (Å²) in [5, 5.41) is 1.29. The zero-order valence-electron chi connectivity index (χ0n) is 17.4. The van der Waals surface area contributed by atoms with Gasteiger partial charge in [0.05, 0.1) is 36.5 Å². The number of carbonyl (C=O) groups is 1. The molecule has 176 valence electrons. The molecule has 0 radical (unpaired) electrons. The van der Waals surface area contributed by atoms with Crippen molar-refractivity contribution in [3.8, 4) is 0 Å². The van der Waals surface area contributed by atoms with E-state index in [1.807, 2.05) is 0 Å². The van der Waals surface area contributed by atoms with Crippen LogP contribution in [0.3, 0.4) is 0 Å². The van der Waals surface area contributed by atoms with E-state index in [0.29, 0.717) is 37.2 Å². The highest BCUT2D eigenvalue weighted by molar-refractivity contribution is 8.25. The minimum Gasteiger partial charge on any atom is -0.354 e. The molecular formula is C21H27F3N4O3S. The highest BCUT2D eigenvalue weighted by Gasteiger charge is 2.46. The molecule has 7 nitrogen and oxygen atoms in total. The Hall–Kier alpha value is -2.11. The average Bonchev–Trinajstić information content (AvgIpc) is 3.22. The number of aromatic amines is 1. The van der Waals surface area contributed by atoms with Gasteiger partial charge in [0, 0.05) is 23.6 Å². The standard InChI is InChI=1S/C21H27F3N4O3S/c22-21(23,24)14-2-1-3-16(9-14)32(30,31)17-5-4-15(26-12-17)11-27-20(29)19-8-13-10-25-7-6-18(13)28-19/h4-5,7-8,14,16-17,28,30-31H,1-3,6,9-12H2,(H,27,29). The summed E-state index contributed by atoms with van der Waals surface area (Å²) in [5.41, 5.74) is 2.99. The molecule has 1 aliphatic carbocycles. The lowest BCUT2D eigenvalue weighted by Gasteiger charge is -2.48. The van der Waals surface area contributed by atoms with Gasteiger partial charge in [-0.1, -0.05) is 12.5 Å². The number of amides is 1. The lowest BCUT2D eigenvalue weighted by molar-refractivity contribution is -0.181. The van der Waals surface area contributed by atoms with E-state index in [4.69, 9.17) is 0 Å². The maximum absolute atomic E-state index is 13.1. The molecule has 4 rings (SSSR count). The van der Waals surface area contributed by atoms with Gasteiger partial charge in [-0.3, -0.25) is 23.9 Å². The SMILES string of the molecule is O=C(NCC1=NCC(S(O)(O)C2CCCC(C(F)(F)F)C2)C=C1)c1cc2c([nH]1)CC=NC2. The van der Waals surface area contributed by atoms with Gasteiger partial charge in [0.2, 0.25) is 0 Å². The largest absolute Gasteiger partial charge is 0.391 e. The van der Waals surface area contributed by atoms with Crippen molar-refractivity contribution in [3.05, 3.63) is 35.2 Å². The fourth-order valence-corrected chi connectivity index (χ4v) is 6.58. The van der Waals surface area contributed by atoms with Crippen LogP contribution >= 0.6 is 10.6 Å². The summed E-state index contributed by atoms with van der Waals surface area (Å²) in [6.45, 7) is 0.791. The molecule has 2 aliphatic heterocycles. The number of nitrogens with zero attached hydrogens (tertiary/aromatic N) is 2. The number of nitrogens with one attached hydrogen (secondary N) is 2. The van der Waals surface area contributed by atoms with E-state index in [2.05, 4.69) is 20.3 Å². The maximum atomic E-state index is 13.1. The van der Waals surface area contributed by atoms with Crippen LogP contribution in [0.25, 0.3) is 0 Å². The number of fused-ring (bicyclic) bond motifs is 1. The monoisotopic (exact) mass is 472 g/mol. The molecule has 11 heteroatoms. The van der Waals surface area contributed by atoms with Crippen LogP contribution in [0.4, 0.5) is 13.2 Å². The van der Waals surface area contributed by atoms with Crippen molar-refractivity contribution in [2.45, 2.75) is 55.3 Å². The number of aromatic nitrogens is 1. The van der Waals surface area contributed by atoms with Crippen molar-refractivity contribution in [3.63, 3.8) is 0 Å². The average molecular weight is 473 g/mol. The number of dihydropyridines is 1. The van der Waals surface area contributed by atoms with Crippen LogP contribution in [-0.2, 0) is 13.0 Å². The van der Waals surface area contributed by atoms with E-state index >= 15 is 0 Å². The zero-order chi connectivity index (χ0) is 22.9. The second-order valence-electron chi connectivity index (χ2n) is 8.49. The number of H-pyrrole nitrogens is 1. The van der Waals surface area contributed by atoms with Gasteiger partial charge in [-0.2, -0.15) is 23.8 Å². The Bertz CT molecular complexity index is 929. The molecule has 32 heavy (non-hydrogen) atoms. The van der Waals surface area contributed by atoms with Crippen molar-refractivity contribution in [2.75, 3.05) is 13.1 Å². The van der Waals surface area contributed by atoms with E-state index in [-0.39, 0.29) is 31.8 Å². The molecule has 0 aromatic carbocycles. The van der Waals surface area contributed by atoms with Crippen LogP contribution < -0.4 is 5.32 Å². The summed E-state index contributed by atoms with van der Waals surface area (Å²) in [4.78, 5) is 24.0. The zero-order valence-corrected chi connectivity index (χ0v) is 18.3. The van der Waals surface area contributed by atoms with Crippen LogP contribution in [0.15, 0.2) is 28.2 Å². The first kappa shape index (κ1) is 23.1. The number of carbonyl (C=O) groups excluding carboxylic acids is 1. The minimum atomic E-state index is -4.31. The molecular weight excluding hydrogens is 445 g/mol. The van der Waals surface area contributed by atoms with Crippen LogP contribution in [-0.4, -0.2) is 61.7 Å². The van der Waals surface area contributed by atoms with Gasteiger partial charge in [-0.05, 0) is 37.0 Å². The third-order valence-corrected chi connectivity index (χ3v) is 8.96. The molecule has 1 amide bonds. The highest BCUT2D eigenvalue weighted by atomic mass is 32.3. The van der Waals surface area contributed by atoms with Gasteiger partial charge in [0.1, 0.15) is 5.69 Å². The van der Waals surface area contributed by atoms with Gasteiger partial charge in [0.15, 0.2) is 0 Å². The normalized spacial score (nSPS) is 26.4. The number of hydrogen-bond donors (Lipinski definition) is 4. The minimum absolute atomic E-state index is 0.0366. The second kappa shape index (κ2) is 9.03. The van der Waals surface area contributed by atoms with Crippen LogP contribution in [0, 0.1) is 5.92 Å². The fraction of sp³-hybridized carbons (Fsp3) is 0.571. The molecule has 1 saturated carbocycles. The van der Waals surface area contributed by atoms with Crippen LogP contribution in [0.1, 0.15) is 47.4 Å². The van der Waals surface area contributed by atoms with Gasteiger partial charge >= 0.3 is 6.18 Å². The van der Waals surface area contributed by atoms with Crippen molar-refractivity contribution >= 4 is 28.4 Å². The van der Waals surface area contributed by atoms with Gasteiger partial charge in [-0.15, -0.1) is 0 Å². The summed E-state index contributed by atoms with van der Waals surface area (Å²) in [7, 11) is -3.28. The predicted octanol–water partition coefficient (Wildman–Crippen LogP) is 4.12. The summed E-state index contributed by atoms with van der Waals surface area (Å²) in [6, 6.07) is 1.78. The van der Waals surface area contributed by atoms with E-state index < -0.39 is 33.2 Å². The summed E-state index contributed by atoms with van der Waals surface area (Å²) in [5.74, 6) is -1.76. The molecule has 3 atom stereocenters. The smallest absolute Gasteiger partial charge is 0.354 e. The van der Waals surface area contributed by atoms with Crippen molar-refractivity contribution in [1.82, 2.24) is 10.3 Å². The molecule has 3 unspecified atom stereocenters. The van der Waals surface area contributed by atoms with Crippen LogP contribution in [0.2, 0.25) is 0 Å². The van der Waals surface area contributed by atoms with Crippen molar-refractivity contribution in [2.24, 2.45) is 15.9 Å². The first-order chi connectivity index (χ1) is 15.1. The third-order valence-electron chi connectivity index (χ3n) is 6.36. The van der Waals surface area contributed by atoms with Gasteiger partial charge in [0.25, 0.3) is 5.91 Å². The van der Waals surface area contributed by atoms with Gasteiger partial charge < -0.3 is 10.3 Å². The topological polar surface area (TPSA) is 110 Å². The molecule has 1 fully saturated rings. The van der Waals surface area contributed by atoms with Gasteiger partial charge in [-0.25, -0.2) is 0 Å². The molecule has 3 heterocycles. The quantitative estimate of drug-likeness (QED) is 0.517. The molecule has 4 N–H and O–H groups in total. The maximum Gasteiger partial charge on any atom is 0.391 e. The number of alkyl halides is 3. The predicted molar refractivity (Wildman–Crippen MR) is 119 cm³/mol. The Morgan fingerprint density at radius 2 is 2.12 bits per heavy atom. The van der Waals surface area contributed by atoms with E-state index in [1.54, 1.807) is 24.4 Å². The molecule has 0 saturated heterocycles. The lowest BCUT2D eigenvalue weighted by atomic mass is 9.88. The third kappa shape index (κ3) is 4.94. The number of halogens is 3. The fourth-order valence-electron chi connectivity index (χ4n) is 4.45. The number of hydrogen-bond acceptors (Lipinski definition) is 5. The summed E-state index contributed by atoms with van der Waals surface area (Å²) >= 11 is 0. The first-order valence-electron chi connectivity index (χ1n) is 10.7. The van der Waals surface area contributed by atoms with E-state index in [0.717, 1.165) is 11.3 Å². The first-order valence-corrected chi connectivity index (χ1v) is 12.3. The number of rotatable bonds is 5. The Morgan fingerprint density at radius 3 is 2.81 bits per heavy atom. The Balaban J connectivity index is 1.31. The van der Waals surface area contributed by atoms with Crippen molar-refractivity contribution in [1.29, 1.82) is 0 Å². The van der Waals surface area contributed by atoms with E-state index in [1.165, 1.54) is 0 Å². The lowest BCUT2D eigenvalue weighted by Crippen LogP contribution is -2.38. The molecule has 1 aromatic heterocycles. The molecule has 1 aromatic rings. The molecule has 0 spiro atoms. The second-order valence-corrected chi connectivity index (χ2v) is 11.0. The molecule has 0 bridgehead atoms. The Morgan fingerprint density at radius 1 is 1.31 bits per heavy atom. The highest BCUT2D eigenvalue weighted by Crippen LogP contribution is 2.57. The Labute approximate surface area is 185 Å². The summed E-state index contributed by atoms with van der Waals surface area (Å²) < 4.78 is 60.8. The van der Waals surface area contributed by atoms with E-state index in [9.17, 15) is 27.1 Å². The van der Waals surface area contributed by atoms with Crippen molar-refractivity contribution < 1.29 is 27.1 Å². The number of aliphatic imine (C=N–C) groups is 2. The summed E-state index contributed by atoms with van der Waals surface area (Å²) in [6.07, 6.45) is 1.85. The van der Waals surface area contributed by atoms with Crippen LogP contribution in [0.5, 0.6) is 0 Å².